The predicted molar refractivity (Wildman–Crippen MR) is 77.3 cm³/mol. The van der Waals surface area contributed by atoms with Crippen molar-refractivity contribution in [3.8, 4) is 0 Å². The van der Waals surface area contributed by atoms with E-state index in [0.717, 1.165) is 0 Å². The highest BCUT2D eigenvalue weighted by atomic mass is 19.1. The van der Waals surface area contributed by atoms with Crippen molar-refractivity contribution < 1.29 is 19.1 Å². The van der Waals surface area contributed by atoms with Crippen LogP contribution in [0.1, 0.15) is 25.3 Å². The van der Waals surface area contributed by atoms with Crippen LogP contribution in [0.4, 0.5) is 9.18 Å². The van der Waals surface area contributed by atoms with Crippen LogP contribution < -0.4 is 5.32 Å². The summed E-state index contributed by atoms with van der Waals surface area (Å²) in [5, 5.41) is 11.5. The highest BCUT2D eigenvalue weighted by Gasteiger charge is 2.14. The van der Waals surface area contributed by atoms with Crippen LogP contribution in [0, 0.1) is 11.7 Å². The fourth-order valence-electron chi connectivity index (χ4n) is 1.96. The molecule has 0 aliphatic carbocycles. The summed E-state index contributed by atoms with van der Waals surface area (Å²) in [4.78, 5) is 24.0. The molecule has 21 heavy (non-hydrogen) atoms. The Labute approximate surface area is 123 Å². The lowest BCUT2D eigenvalue weighted by Gasteiger charge is -2.20. The Morgan fingerprint density at radius 2 is 2.14 bits per heavy atom. The van der Waals surface area contributed by atoms with Gasteiger partial charge in [0, 0.05) is 26.6 Å². The molecule has 0 saturated heterocycles. The molecule has 0 fully saturated rings. The van der Waals surface area contributed by atoms with Crippen LogP contribution >= 0.6 is 0 Å². The van der Waals surface area contributed by atoms with E-state index in [1.54, 1.807) is 19.2 Å². The average molecular weight is 296 g/mol. The molecule has 0 saturated carbocycles. The fourth-order valence-corrected chi connectivity index (χ4v) is 1.96. The maximum absolute atomic E-state index is 13.1. The van der Waals surface area contributed by atoms with E-state index in [4.69, 9.17) is 5.11 Å². The lowest BCUT2D eigenvalue weighted by molar-refractivity contribution is -0.138. The number of aliphatic carboxylic acids is 1. The standard InChI is InChI=1S/C15H21FN2O3/c1-3-11(8-14(19)20)9-17-15(21)18(2)10-12-5-4-6-13(16)7-12/h4-7,11H,3,8-10H2,1-2H3,(H,17,21)(H,19,20). The number of halogens is 1. The van der Waals surface area contributed by atoms with Gasteiger partial charge in [-0.15, -0.1) is 0 Å². The second-order valence-electron chi connectivity index (χ2n) is 5.04. The maximum Gasteiger partial charge on any atom is 0.317 e. The molecule has 116 valence electrons. The van der Waals surface area contributed by atoms with Crippen LogP contribution in [0.25, 0.3) is 0 Å². The molecule has 0 spiro atoms. The van der Waals surface area contributed by atoms with E-state index in [1.165, 1.54) is 17.0 Å². The number of urea groups is 1. The topological polar surface area (TPSA) is 69.6 Å². The third kappa shape index (κ3) is 6.25. The van der Waals surface area contributed by atoms with E-state index >= 15 is 0 Å². The number of carboxylic acids is 1. The first-order valence-corrected chi connectivity index (χ1v) is 6.87. The second kappa shape index (κ2) is 8.24. The summed E-state index contributed by atoms with van der Waals surface area (Å²) in [7, 11) is 1.61. The van der Waals surface area contributed by atoms with Crippen LogP contribution in [0.15, 0.2) is 24.3 Å². The largest absolute Gasteiger partial charge is 0.481 e. The molecule has 1 atom stereocenters. The van der Waals surface area contributed by atoms with Crippen molar-refractivity contribution in [2.24, 2.45) is 5.92 Å². The number of rotatable bonds is 7. The van der Waals surface area contributed by atoms with Gasteiger partial charge in [0.25, 0.3) is 0 Å². The SMILES string of the molecule is CCC(CNC(=O)N(C)Cc1cccc(F)c1)CC(=O)O. The van der Waals surface area contributed by atoms with Gasteiger partial charge in [-0.05, 0) is 23.6 Å². The molecule has 0 radical (unpaired) electrons. The van der Waals surface area contributed by atoms with E-state index in [-0.39, 0.29) is 24.2 Å². The van der Waals surface area contributed by atoms with E-state index in [2.05, 4.69) is 5.32 Å². The van der Waals surface area contributed by atoms with E-state index in [1.807, 2.05) is 6.92 Å². The average Bonchev–Trinajstić information content (AvgIpc) is 2.42. The number of carbonyl (C=O) groups is 2. The molecule has 0 aliphatic rings. The Kier molecular flexibility index (Phi) is 6.65. The van der Waals surface area contributed by atoms with Gasteiger partial charge in [-0.3, -0.25) is 4.79 Å². The van der Waals surface area contributed by atoms with Crippen molar-refractivity contribution in [1.82, 2.24) is 10.2 Å². The molecule has 2 amide bonds. The van der Waals surface area contributed by atoms with Crippen molar-refractivity contribution in [3.05, 3.63) is 35.6 Å². The number of amides is 2. The molecule has 0 bridgehead atoms. The minimum absolute atomic E-state index is 0.0321. The van der Waals surface area contributed by atoms with Crippen LogP contribution in [-0.2, 0) is 11.3 Å². The van der Waals surface area contributed by atoms with E-state index in [9.17, 15) is 14.0 Å². The predicted octanol–water partition coefficient (Wildman–Crippen LogP) is 2.47. The molecule has 2 N–H and O–H groups in total. The van der Waals surface area contributed by atoms with Gasteiger partial charge in [0.05, 0.1) is 0 Å². The minimum Gasteiger partial charge on any atom is -0.481 e. The Morgan fingerprint density at radius 1 is 1.43 bits per heavy atom. The van der Waals surface area contributed by atoms with Gasteiger partial charge in [0.2, 0.25) is 0 Å². The Bertz CT molecular complexity index is 494. The van der Waals surface area contributed by atoms with Crippen LogP contribution in [-0.4, -0.2) is 35.6 Å². The lowest BCUT2D eigenvalue weighted by atomic mass is 10.0. The quantitative estimate of drug-likeness (QED) is 0.812. The van der Waals surface area contributed by atoms with Crippen molar-refractivity contribution in [2.45, 2.75) is 26.3 Å². The Hall–Kier alpha value is -2.11. The van der Waals surface area contributed by atoms with Crippen molar-refractivity contribution in [1.29, 1.82) is 0 Å². The van der Waals surface area contributed by atoms with Crippen molar-refractivity contribution in [2.75, 3.05) is 13.6 Å². The molecule has 1 rings (SSSR count). The number of hydrogen-bond donors (Lipinski definition) is 2. The Morgan fingerprint density at radius 3 is 2.71 bits per heavy atom. The molecule has 6 heteroatoms. The van der Waals surface area contributed by atoms with Crippen molar-refractivity contribution in [3.63, 3.8) is 0 Å². The summed E-state index contributed by atoms with van der Waals surface area (Å²) in [6.45, 7) is 2.49. The molecule has 0 heterocycles. The molecule has 0 aromatic heterocycles. The van der Waals surface area contributed by atoms with Gasteiger partial charge in [-0.25, -0.2) is 9.18 Å². The molecular weight excluding hydrogens is 275 g/mol. The summed E-state index contributed by atoms with van der Waals surface area (Å²) < 4.78 is 13.1. The van der Waals surface area contributed by atoms with E-state index < -0.39 is 5.97 Å². The van der Waals surface area contributed by atoms with Gasteiger partial charge >= 0.3 is 12.0 Å². The highest BCUT2D eigenvalue weighted by molar-refractivity contribution is 5.74. The first kappa shape index (κ1) is 16.9. The van der Waals surface area contributed by atoms with Gasteiger partial charge in [-0.2, -0.15) is 0 Å². The van der Waals surface area contributed by atoms with Crippen molar-refractivity contribution >= 4 is 12.0 Å². The number of benzene rings is 1. The number of nitrogens with zero attached hydrogens (tertiary/aromatic N) is 1. The van der Waals surface area contributed by atoms with Crippen LogP contribution in [0.2, 0.25) is 0 Å². The summed E-state index contributed by atoms with van der Waals surface area (Å²) in [6.07, 6.45) is 0.713. The highest BCUT2D eigenvalue weighted by Crippen LogP contribution is 2.08. The number of carboxylic acid groups (broad SMARTS) is 1. The molecular formula is C15H21FN2O3. The van der Waals surface area contributed by atoms with Gasteiger partial charge in [0.15, 0.2) is 0 Å². The fraction of sp³-hybridized carbons (Fsp3) is 0.467. The van der Waals surface area contributed by atoms with Crippen LogP contribution in [0.3, 0.4) is 0 Å². The molecule has 1 unspecified atom stereocenters. The third-order valence-corrected chi connectivity index (χ3v) is 3.24. The smallest absolute Gasteiger partial charge is 0.317 e. The molecule has 1 aromatic rings. The number of carbonyl (C=O) groups excluding carboxylic acids is 1. The Balaban J connectivity index is 2.45. The second-order valence-corrected chi connectivity index (χ2v) is 5.04. The minimum atomic E-state index is -0.871. The zero-order chi connectivity index (χ0) is 15.8. The molecule has 5 nitrogen and oxygen atoms in total. The zero-order valence-corrected chi connectivity index (χ0v) is 12.3. The summed E-state index contributed by atoms with van der Waals surface area (Å²) in [6, 6.07) is 5.76. The molecule has 0 aliphatic heterocycles. The first-order chi connectivity index (χ1) is 9.92. The van der Waals surface area contributed by atoms with Gasteiger partial charge in [-0.1, -0.05) is 25.5 Å². The lowest BCUT2D eigenvalue weighted by Crippen LogP contribution is -2.39. The molecule has 1 aromatic carbocycles. The zero-order valence-electron chi connectivity index (χ0n) is 12.3. The normalized spacial score (nSPS) is 11.8. The first-order valence-electron chi connectivity index (χ1n) is 6.87. The van der Waals surface area contributed by atoms with Crippen LogP contribution in [0.5, 0.6) is 0 Å². The number of nitrogens with one attached hydrogen (secondary N) is 1. The maximum atomic E-state index is 13.1. The summed E-state index contributed by atoms with van der Waals surface area (Å²) >= 11 is 0. The summed E-state index contributed by atoms with van der Waals surface area (Å²) in [5.74, 6) is -1.30. The van der Waals surface area contributed by atoms with Gasteiger partial charge < -0.3 is 15.3 Å². The third-order valence-electron chi connectivity index (χ3n) is 3.24. The van der Waals surface area contributed by atoms with Gasteiger partial charge in [0.1, 0.15) is 5.82 Å². The number of hydrogen-bond acceptors (Lipinski definition) is 2. The van der Waals surface area contributed by atoms with E-state index in [0.29, 0.717) is 25.1 Å². The monoisotopic (exact) mass is 296 g/mol. The summed E-state index contributed by atoms with van der Waals surface area (Å²) in [5.41, 5.74) is 0.699.